The van der Waals surface area contributed by atoms with Crippen molar-refractivity contribution in [2.75, 3.05) is 20.1 Å². The summed E-state index contributed by atoms with van der Waals surface area (Å²) < 4.78 is 14.3. The minimum Gasteiger partial charge on any atom is -0.481 e. The summed E-state index contributed by atoms with van der Waals surface area (Å²) in [7, 11) is 1.99. The van der Waals surface area contributed by atoms with Crippen molar-refractivity contribution in [1.29, 1.82) is 0 Å². The lowest BCUT2D eigenvalue weighted by atomic mass is 9.86. The number of nitrogens with zero attached hydrogens (tertiary/aromatic N) is 2. The number of allylic oxidation sites excluding steroid dienone is 2. The van der Waals surface area contributed by atoms with E-state index >= 15 is 0 Å². The molecule has 1 unspecified atom stereocenters. The van der Waals surface area contributed by atoms with Crippen molar-refractivity contribution in [3.8, 4) is 0 Å². The number of halogens is 3. The molecule has 0 saturated heterocycles. The highest BCUT2D eigenvalue weighted by atomic mass is 35.5. The van der Waals surface area contributed by atoms with Crippen LogP contribution in [0.5, 0.6) is 0 Å². The van der Waals surface area contributed by atoms with E-state index in [4.69, 9.17) is 5.11 Å². The maximum Gasteiger partial charge on any atom is 0.304 e. The zero-order valence-electron chi connectivity index (χ0n) is 16.8. The number of aliphatic carboxylic acids is 1. The Kier molecular flexibility index (Phi) is 6.59. The first-order valence-electron chi connectivity index (χ1n) is 9.66. The Labute approximate surface area is 192 Å². The van der Waals surface area contributed by atoms with E-state index in [1.54, 1.807) is 6.07 Å². The van der Waals surface area contributed by atoms with Crippen LogP contribution in [-0.4, -0.2) is 47.9 Å². The minimum atomic E-state index is -0.810. The molecule has 1 aliphatic carbocycles. The lowest BCUT2D eigenvalue weighted by Crippen LogP contribution is -2.37. The summed E-state index contributed by atoms with van der Waals surface area (Å²) in [5, 5.41) is 17.0. The SMILES string of the molecule is CN1C=C2C(=C(C3=CCNC(CC(=O)O)C3)C1)NN=C1C=Cc3cc(F)cc2c31.Cl.Cl. The van der Waals surface area contributed by atoms with Crippen LogP contribution in [0.25, 0.3) is 11.6 Å². The molecule has 9 heteroatoms. The third-order valence-corrected chi connectivity index (χ3v) is 5.75. The van der Waals surface area contributed by atoms with Crippen LogP contribution in [0, 0.1) is 5.82 Å². The zero-order chi connectivity index (χ0) is 20.1. The Morgan fingerprint density at radius 3 is 2.90 bits per heavy atom. The monoisotopic (exact) mass is 464 g/mol. The summed E-state index contributed by atoms with van der Waals surface area (Å²) in [6, 6.07) is 3.00. The number of nitrogens with one attached hydrogen (secondary N) is 2. The average Bonchev–Trinajstić information content (AvgIpc) is 3.00. The van der Waals surface area contributed by atoms with Gasteiger partial charge in [0, 0.05) is 49.1 Å². The summed E-state index contributed by atoms with van der Waals surface area (Å²) in [5.41, 5.74) is 10.6. The molecule has 3 aliphatic heterocycles. The molecule has 0 aromatic heterocycles. The summed E-state index contributed by atoms with van der Waals surface area (Å²) in [6.45, 7) is 1.30. The number of hydrazone groups is 1. The lowest BCUT2D eigenvalue weighted by Gasteiger charge is -2.32. The van der Waals surface area contributed by atoms with Crippen molar-refractivity contribution in [2.24, 2.45) is 5.10 Å². The van der Waals surface area contributed by atoms with Gasteiger partial charge in [-0.25, -0.2) is 4.39 Å². The Morgan fingerprint density at radius 2 is 2.13 bits per heavy atom. The van der Waals surface area contributed by atoms with Crippen LogP contribution < -0.4 is 10.7 Å². The summed E-state index contributed by atoms with van der Waals surface area (Å²) in [6.07, 6.45) is 8.63. The molecule has 6 nitrogen and oxygen atoms in total. The number of carbonyl (C=O) groups is 1. The molecular weight excluding hydrogens is 442 g/mol. The maximum atomic E-state index is 14.3. The number of carboxylic acid groups (broad SMARTS) is 1. The van der Waals surface area contributed by atoms with Crippen molar-refractivity contribution < 1.29 is 14.3 Å². The van der Waals surface area contributed by atoms with Crippen molar-refractivity contribution in [3.63, 3.8) is 0 Å². The molecule has 0 bridgehead atoms. The molecule has 4 aliphatic rings. The first-order valence-corrected chi connectivity index (χ1v) is 9.66. The second kappa shape index (κ2) is 8.86. The summed E-state index contributed by atoms with van der Waals surface area (Å²) >= 11 is 0. The predicted molar refractivity (Wildman–Crippen MR) is 124 cm³/mol. The smallest absolute Gasteiger partial charge is 0.304 e. The van der Waals surface area contributed by atoms with Gasteiger partial charge in [0.25, 0.3) is 0 Å². The van der Waals surface area contributed by atoms with E-state index in [1.807, 2.05) is 25.4 Å². The average molecular weight is 465 g/mol. The van der Waals surface area contributed by atoms with E-state index in [-0.39, 0.29) is 43.1 Å². The van der Waals surface area contributed by atoms with Gasteiger partial charge in [-0.15, -0.1) is 24.8 Å². The number of carboxylic acids is 1. The Hall–Kier alpha value is -2.61. The van der Waals surface area contributed by atoms with E-state index in [0.717, 1.165) is 44.8 Å². The Morgan fingerprint density at radius 1 is 1.32 bits per heavy atom. The van der Waals surface area contributed by atoms with Gasteiger partial charge in [-0.05, 0) is 41.3 Å². The van der Waals surface area contributed by atoms with Crippen molar-refractivity contribution in [3.05, 3.63) is 69.8 Å². The molecule has 0 spiro atoms. The molecule has 164 valence electrons. The fourth-order valence-corrected chi connectivity index (χ4v) is 4.51. The van der Waals surface area contributed by atoms with Gasteiger partial charge in [-0.2, -0.15) is 5.10 Å². The van der Waals surface area contributed by atoms with Crippen LogP contribution in [0.15, 0.2) is 52.4 Å². The summed E-state index contributed by atoms with van der Waals surface area (Å²) in [5.74, 6) is -1.08. The topological polar surface area (TPSA) is 77.0 Å². The quantitative estimate of drug-likeness (QED) is 0.639. The zero-order valence-corrected chi connectivity index (χ0v) is 18.4. The number of benzene rings is 1. The highest BCUT2D eigenvalue weighted by Crippen LogP contribution is 2.39. The van der Waals surface area contributed by atoms with Crippen LogP contribution in [0.1, 0.15) is 29.5 Å². The van der Waals surface area contributed by atoms with Crippen LogP contribution in [0.4, 0.5) is 4.39 Å². The van der Waals surface area contributed by atoms with Gasteiger partial charge in [0.2, 0.25) is 0 Å². The van der Waals surface area contributed by atoms with Crippen molar-refractivity contribution in [1.82, 2.24) is 15.6 Å². The van der Waals surface area contributed by atoms with E-state index in [1.165, 1.54) is 6.07 Å². The van der Waals surface area contributed by atoms with Gasteiger partial charge < -0.3 is 15.3 Å². The molecule has 0 amide bonds. The van der Waals surface area contributed by atoms with Gasteiger partial charge in [-0.3, -0.25) is 10.2 Å². The number of fused-ring (bicyclic) bond motifs is 2. The number of rotatable bonds is 3. The fourth-order valence-electron chi connectivity index (χ4n) is 4.51. The molecule has 0 saturated carbocycles. The molecule has 1 aromatic rings. The third kappa shape index (κ3) is 4.13. The molecule has 5 rings (SSSR count). The summed E-state index contributed by atoms with van der Waals surface area (Å²) in [4.78, 5) is 13.2. The van der Waals surface area contributed by atoms with Gasteiger partial charge in [0.15, 0.2) is 0 Å². The second-order valence-electron chi connectivity index (χ2n) is 7.81. The van der Waals surface area contributed by atoms with Crippen molar-refractivity contribution in [2.45, 2.75) is 18.9 Å². The van der Waals surface area contributed by atoms with Gasteiger partial charge in [-0.1, -0.05) is 12.2 Å². The van der Waals surface area contributed by atoms with E-state index < -0.39 is 5.97 Å². The number of hydrogen-bond acceptors (Lipinski definition) is 5. The number of hydrogen-bond donors (Lipinski definition) is 3. The molecule has 0 radical (unpaired) electrons. The van der Waals surface area contributed by atoms with E-state index in [0.29, 0.717) is 19.5 Å². The van der Waals surface area contributed by atoms with Gasteiger partial charge >= 0.3 is 5.97 Å². The molecular formula is C22H23Cl2FN4O2. The minimum absolute atomic E-state index is 0. The molecule has 3 N–H and O–H groups in total. The van der Waals surface area contributed by atoms with Crippen LogP contribution in [-0.2, 0) is 4.79 Å². The first-order chi connectivity index (χ1) is 14.0. The fraction of sp³-hybridized carbons (Fsp3) is 0.273. The lowest BCUT2D eigenvalue weighted by molar-refractivity contribution is -0.137. The normalized spacial score (nSPS) is 20.8. The van der Waals surface area contributed by atoms with Gasteiger partial charge in [0.05, 0.1) is 17.8 Å². The molecule has 1 aromatic carbocycles. The predicted octanol–water partition coefficient (Wildman–Crippen LogP) is 3.31. The van der Waals surface area contributed by atoms with Crippen LogP contribution in [0.2, 0.25) is 0 Å². The Bertz CT molecular complexity index is 1090. The highest BCUT2D eigenvalue weighted by Gasteiger charge is 2.31. The third-order valence-electron chi connectivity index (χ3n) is 5.75. The molecule has 0 fully saturated rings. The molecule has 3 heterocycles. The van der Waals surface area contributed by atoms with Crippen LogP contribution in [0.3, 0.4) is 0 Å². The van der Waals surface area contributed by atoms with Crippen LogP contribution >= 0.6 is 24.8 Å². The maximum absolute atomic E-state index is 14.3. The standard InChI is InChI=1S/C22H21FN4O2.2ClH/c1-27-10-17(12-4-5-24-15(7-12)9-20(28)29)22-18(11-27)16-8-14(23)6-13-2-3-19(21(13)16)25-26-22;;/h2-4,6,8,11,15,24,26H,5,7,9-10H2,1H3,(H,28,29);2*1H. The van der Waals surface area contributed by atoms with Crippen molar-refractivity contribution >= 4 is 48.1 Å². The van der Waals surface area contributed by atoms with Gasteiger partial charge in [0.1, 0.15) is 5.82 Å². The second-order valence-corrected chi connectivity index (χ2v) is 7.81. The Balaban J connectivity index is 0.00000136. The van der Waals surface area contributed by atoms with E-state index in [2.05, 4.69) is 26.8 Å². The highest BCUT2D eigenvalue weighted by molar-refractivity contribution is 6.20. The number of likely N-dealkylation sites (N-methyl/N-ethyl adjacent to an activating group) is 1. The largest absolute Gasteiger partial charge is 0.481 e. The molecule has 1 atom stereocenters. The first kappa shape index (κ1) is 23.1. The van der Waals surface area contributed by atoms with E-state index in [9.17, 15) is 9.18 Å². The molecule has 31 heavy (non-hydrogen) atoms.